The largest absolute Gasteiger partial charge is 0.504 e. The number of hydrogen-bond acceptors (Lipinski definition) is 2. The van der Waals surface area contributed by atoms with Crippen LogP contribution >= 0.6 is 31.9 Å². The summed E-state index contributed by atoms with van der Waals surface area (Å²) in [6.07, 6.45) is 4.48. The van der Waals surface area contributed by atoms with E-state index in [1.54, 1.807) is 0 Å². The molecule has 2 N–H and O–H groups in total. The molecule has 1 aromatic carbocycles. The van der Waals surface area contributed by atoms with Crippen LogP contribution in [0.3, 0.4) is 0 Å². The number of benzene rings is 1. The lowest BCUT2D eigenvalue weighted by atomic mass is 10.0. The molecular weight excluding hydrogens is 348 g/mol. The highest BCUT2D eigenvalue weighted by atomic mass is 79.9. The van der Waals surface area contributed by atoms with Crippen molar-refractivity contribution in [1.82, 2.24) is 0 Å². The Labute approximate surface area is 119 Å². The van der Waals surface area contributed by atoms with E-state index in [1.807, 2.05) is 6.92 Å². The molecule has 0 unspecified atom stereocenters. The first-order chi connectivity index (χ1) is 8.04. The molecule has 0 bridgehead atoms. The van der Waals surface area contributed by atoms with E-state index >= 15 is 0 Å². The fourth-order valence-corrected chi connectivity index (χ4v) is 3.07. The second-order valence-electron chi connectivity index (χ2n) is 4.14. The predicted molar refractivity (Wildman–Crippen MR) is 77.8 cm³/mol. The van der Waals surface area contributed by atoms with Crippen molar-refractivity contribution in [3.05, 3.63) is 20.1 Å². The summed E-state index contributed by atoms with van der Waals surface area (Å²) in [6.45, 7) is 4.15. The predicted octanol–water partition coefficient (Wildman–Crippen LogP) is 4.92. The van der Waals surface area contributed by atoms with Gasteiger partial charge in [-0.2, -0.15) is 0 Å². The van der Waals surface area contributed by atoms with Crippen LogP contribution in [0.25, 0.3) is 0 Å². The molecule has 0 aromatic heterocycles. The topological polar surface area (TPSA) is 40.5 Å². The number of rotatable bonds is 5. The van der Waals surface area contributed by atoms with E-state index in [-0.39, 0.29) is 11.5 Å². The van der Waals surface area contributed by atoms with E-state index in [0.717, 1.165) is 52.2 Å². The van der Waals surface area contributed by atoms with Crippen LogP contribution in [0.4, 0.5) is 0 Å². The first kappa shape index (κ1) is 14.8. The summed E-state index contributed by atoms with van der Waals surface area (Å²) in [5.41, 5.74) is 1.56. The number of halogens is 2. The van der Waals surface area contributed by atoms with Crippen molar-refractivity contribution in [1.29, 1.82) is 0 Å². The molecule has 2 nitrogen and oxygen atoms in total. The summed E-state index contributed by atoms with van der Waals surface area (Å²) < 4.78 is 1.73. The van der Waals surface area contributed by atoms with Crippen LogP contribution in [-0.4, -0.2) is 10.2 Å². The minimum absolute atomic E-state index is 0.0213. The third-order valence-corrected chi connectivity index (χ3v) is 5.08. The van der Waals surface area contributed by atoms with Crippen LogP contribution in [0.2, 0.25) is 0 Å². The number of phenols is 2. The molecule has 0 saturated carbocycles. The normalized spacial score (nSPS) is 10.8. The molecular formula is C13H18Br2O2. The lowest BCUT2D eigenvalue weighted by Gasteiger charge is -2.15. The van der Waals surface area contributed by atoms with E-state index in [2.05, 4.69) is 38.8 Å². The van der Waals surface area contributed by atoms with Gasteiger partial charge in [0.15, 0.2) is 11.5 Å². The zero-order chi connectivity index (χ0) is 13.0. The molecule has 1 aromatic rings. The molecule has 4 heteroatoms. The maximum Gasteiger partial charge on any atom is 0.162 e. The molecule has 0 atom stereocenters. The molecule has 0 radical (unpaired) electrons. The van der Waals surface area contributed by atoms with Crippen molar-refractivity contribution < 1.29 is 10.2 Å². The van der Waals surface area contributed by atoms with E-state index < -0.39 is 0 Å². The lowest BCUT2D eigenvalue weighted by molar-refractivity contribution is 0.393. The van der Waals surface area contributed by atoms with Crippen molar-refractivity contribution in [3.8, 4) is 11.5 Å². The van der Waals surface area contributed by atoms with Gasteiger partial charge in [-0.05, 0) is 51.1 Å². The maximum atomic E-state index is 10.0. The molecule has 0 fully saturated rings. The van der Waals surface area contributed by atoms with Gasteiger partial charge in [0, 0.05) is 20.1 Å². The van der Waals surface area contributed by atoms with Gasteiger partial charge in [-0.25, -0.2) is 0 Å². The second-order valence-corrected chi connectivity index (χ2v) is 5.72. The summed E-state index contributed by atoms with van der Waals surface area (Å²) >= 11 is 6.99. The summed E-state index contributed by atoms with van der Waals surface area (Å²) in [5.74, 6) is 0.0463. The Morgan fingerprint density at radius 1 is 0.824 bits per heavy atom. The monoisotopic (exact) mass is 364 g/mol. The summed E-state index contributed by atoms with van der Waals surface area (Å²) in [7, 11) is 0. The third kappa shape index (κ3) is 3.16. The van der Waals surface area contributed by atoms with Crippen LogP contribution in [0.1, 0.15) is 44.2 Å². The van der Waals surface area contributed by atoms with Crippen LogP contribution in [0, 0.1) is 0 Å². The number of unbranched alkanes of at least 4 members (excludes halogenated alkanes) is 1. The molecule has 17 heavy (non-hydrogen) atoms. The molecule has 1 rings (SSSR count). The summed E-state index contributed by atoms with van der Waals surface area (Å²) in [6, 6.07) is 0. The average Bonchev–Trinajstić information content (AvgIpc) is 2.32. The molecule has 0 spiro atoms. The SMILES string of the molecule is CCCCc1c(O)c(O)c(CCC)c(Br)c1Br. The first-order valence-electron chi connectivity index (χ1n) is 5.95. The fourth-order valence-electron chi connectivity index (χ4n) is 1.82. The van der Waals surface area contributed by atoms with Gasteiger partial charge in [-0.15, -0.1) is 0 Å². The van der Waals surface area contributed by atoms with Crippen LogP contribution in [0.15, 0.2) is 8.95 Å². The molecule has 0 heterocycles. The number of aromatic hydroxyl groups is 2. The fraction of sp³-hybridized carbons (Fsp3) is 0.538. The molecule has 0 aliphatic rings. The van der Waals surface area contributed by atoms with Crippen molar-refractivity contribution in [2.24, 2.45) is 0 Å². The van der Waals surface area contributed by atoms with E-state index in [4.69, 9.17) is 0 Å². The molecule has 0 aliphatic carbocycles. The van der Waals surface area contributed by atoms with Crippen LogP contribution in [-0.2, 0) is 12.8 Å². The van der Waals surface area contributed by atoms with Crippen molar-refractivity contribution in [2.45, 2.75) is 46.0 Å². The zero-order valence-electron chi connectivity index (χ0n) is 10.2. The van der Waals surface area contributed by atoms with Gasteiger partial charge >= 0.3 is 0 Å². The van der Waals surface area contributed by atoms with E-state index in [9.17, 15) is 10.2 Å². The smallest absolute Gasteiger partial charge is 0.162 e. The van der Waals surface area contributed by atoms with Crippen molar-refractivity contribution >= 4 is 31.9 Å². The lowest BCUT2D eigenvalue weighted by Crippen LogP contribution is -1.95. The van der Waals surface area contributed by atoms with E-state index in [0.29, 0.717) is 0 Å². The molecule has 0 saturated heterocycles. The Hall–Kier alpha value is -0.220. The molecule has 0 aliphatic heterocycles. The third-order valence-electron chi connectivity index (χ3n) is 2.80. The Balaban J connectivity index is 3.26. The summed E-state index contributed by atoms with van der Waals surface area (Å²) in [4.78, 5) is 0. The minimum atomic E-state index is 0.0213. The Bertz CT molecular complexity index is 374. The maximum absolute atomic E-state index is 10.0. The quantitative estimate of drug-likeness (QED) is 0.727. The van der Waals surface area contributed by atoms with Gasteiger partial charge in [0.25, 0.3) is 0 Å². The highest BCUT2D eigenvalue weighted by molar-refractivity contribution is 9.13. The highest BCUT2D eigenvalue weighted by Gasteiger charge is 2.19. The number of phenolic OH excluding ortho intramolecular Hbond substituents is 2. The van der Waals surface area contributed by atoms with Gasteiger partial charge in [0.2, 0.25) is 0 Å². The molecule has 0 amide bonds. The van der Waals surface area contributed by atoms with Gasteiger partial charge in [0.1, 0.15) is 0 Å². The van der Waals surface area contributed by atoms with Gasteiger partial charge in [-0.1, -0.05) is 26.7 Å². The Kier molecular flexibility index (Phi) is 5.80. The first-order valence-corrected chi connectivity index (χ1v) is 7.53. The highest BCUT2D eigenvalue weighted by Crippen LogP contribution is 2.44. The van der Waals surface area contributed by atoms with Crippen molar-refractivity contribution in [3.63, 3.8) is 0 Å². The second kappa shape index (κ2) is 6.64. The Morgan fingerprint density at radius 3 is 1.71 bits per heavy atom. The van der Waals surface area contributed by atoms with Crippen LogP contribution < -0.4 is 0 Å². The van der Waals surface area contributed by atoms with Gasteiger partial charge in [-0.3, -0.25) is 0 Å². The average molecular weight is 366 g/mol. The number of hydrogen-bond donors (Lipinski definition) is 2. The van der Waals surface area contributed by atoms with Crippen molar-refractivity contribution in [2.75, 3.05) is 0 Å². The van der Waals surface area contributed by atoms with Crippen LogP contribution in [0.5, 0.6) is 11.5 Å². The minimum Gasteiger partial charge on any atom is -0.504 e. The molecule has 96 valence electrons. The van der Waals surface area contributed by atoms with E-state index in [1.165, 1.54) is 0 Å². The van der Waals surface area contributed by atoms with Gasteiger partial charge < -0.3 is 10.2 Å². The Morgan fingerprint density at radius 2 is 1.29 bits per heavy atom. The summed E-state index contributed by atoms with van der Waals surface area (Å²) in [5, 5.41) is 20.0. The van der Waals surface area contributed by atoms with Gasteiger partial charge in [0.05, 0.1) is 0 Å². The zero-order valence-corrected chi connectivity index (χ0v) is 13.4. The standard InChI is InChI=1S/C13H18Br2O2/c1-3-5-7-9-11(15)10(14)8(6-4-2)12(16)13(9)17/h16-17H,3-7H2,1-2H3.